The molecule has 1 aromatic heterocycles. The monoisotopic (exact) mass is 198 g/mol. The van der Waals surface area contributed by atoms with Crippen LogP contribution >= 0.6 is 11.3 Å². The van der Waals surface area contributed by atoms with Gasteiger partial charge < -0.3 is 5.53 Å². The Kier molecular flexibility index (Phi) is 1.45. The molecule has 1 aliphatic carbocycles. The minimum Gasteiger partial charge on any atom is -0.361 e. The summed E-state index contributed by atoms with van der Waals surface area (Å²) in [5.74, 6) is 0. The molecule has 14 heavy (non-hydrogen) atoms. The van der Waals surface area contributed by atoms with E-state index in [9.17, 15) is 0 Å². The highest BCUT2D eigenvalue weighted by Crippen LogP contribution is 2.39. The number of benzene rings is 1. The first-order chi connectivity index (χ1) is 6.92. The molecule has 66 valence electrons. The largest absolute Gasteiger partial charge is 0.361 e. The Balaban J connectivity index is 2.48. The smallest absolute Gasteiger partial charge is 0.331 e. The van der Waals surface area contributed by atoms with Crippen LogP contribution in [0.25, 0.3) is 16.0 Å². The fraction of sp³-hybridized carbons (Fsp3) is 0. The van der Waals surface area contributed by atoms with Crippen molar-refractivity contribution >= 4 is 17.0 Å². The SMILES string of the molecule is [N-]=[N+]=C1c2ccccc2-c2sccc21. The zero-order valence-corrected chi connectivity index (χ0v) is 8.08. The molecule has 1 aliphatic rings. The Hall–Kier alpha value is -1.70. The van der Waals surface area contributed by atoms with Gasteiger partial charge >= 0.3 is 5.71 Å². The lowest BCUT2D eigenvalue weighted by molar-refractivity contribution is -0.00241. The fourth-order valence-electron chi connectivity index (χ4n) is 1.84. The second-order valence-corrected chi connectivity index (χ2v) is 4.07. The van der Waals surface area contributed by atoms with E-state index in [0.29, 0.717) is 5.71 Å². The fourth-order valence-corrected chi connectivity index (χ4v) is 2.78. The predicted molar refractivity (Wildman–Crippen MR) is 56.6 cm³/mol. The van der Waals surface area contributed by atoms with Crippen molar-refractivity contribution in [1.82, 2.24) is 0 Å². The van der Waals surface area contributed by atoms with Crippen molar-refractivity contribution in [2.45, 2.75) is 0 Å². The van der Waals surface area contributed by atoms with Crippen molar-refractivity contribution in [2.24, 2.45) is 0 Å². The predicted octanol–water partition coefficient (Wildman–Crippen LogP) is 2.80. The maximum atomic E-state index is 8.97. The lowest BCUT2D eigenvalue weighted by atomic mass is 10.1. The first-order valence-corrected chi connectivity index (χ1v) is 5.19. The molecule has 0 spiro atoms. The van der Waals surface area contributed by atoms with Crippen LogP contribution in [0.15, 0.2) is 35.7 Å². The van der Waals surface area contributed by atoms with E-state index in [-0.39, 0.29) is 0 Å². The molecule has 2 aromatic rings. The Morgan fingerprint density at radius 2 is 1.79 bits per heavy atom. The summed E-state index contributed by atoms with van der Waals surface area (Å²) in [7, 11) is 0. The lowest BCUT2D eigenvalue weighted by Gasteiger charge is -1.92. The number of hydrogen-bond acceptors (Lipinski definition) is 1. The standard InChI is InChI=1S/C11H6N2S/c12-13-10-7-3-1-2-4-8(7)11-9(10)5-6-14-11/h1-6H. The van der Waals surface area contributed by atoms with E-state index >= 15 is 0 Å². The van der Waals surface area contributed by atoms with E-state index in [2.05, 4.69) is 10.9 Å². The highest BCUT2D eigenvalue weighted by molar-refractivity contribution is 7.14. The molecule has 1 aromatic carbocycles. The number of fused-ring (bicyclic) bond motifs is 3. The third-order valence-corrected chi connectivity index (χ3v) is 3.39. The van der Waals surface area contributed by atoms with E-state index in [1.807, 2.05) is 29.6 Å². The molecule has 2 nitrogen and oxygen atoms in total. The Bertz CT molecular complexity index is 562. The van der Waals surface area contributed by atoms with Gasteiger partial charge in [0.1, 0.15) is 0 Å². The molecule has 0 saturated carbocycles. The van der Waals surface area contributed by atoms with Crippen molar-refractivity contribution in [3.63, 3.8) is 0 Å². The van der Waals surface area contributed by atoms with E-state index < -0.39 is 0 Å². The first-order valence-electron chi connectivity index (χ1n) is 4.31. The van der Waals surface area contributed by atoms with Gasteiger partial charge in [0.05, 0.1) is 16.0 Å². The topological polar surface area (TPSA) is 36.4 Å². The van der Waals surface area contributed by atoms with Crippen LogP contribution in [0, 0.1) is 0 Å². The normalized spacial score (nSPS) is 12.1. The van der Waals surface area contributed by atoms with Crippen molar-refractivity contribution in [2.75, 3.05) is 0 Å². The molecule has 0 aliphatic heterocycles. The number of rotatable bonds is 0. The Morgan fingerprint density at radius 1 is 1.00 bits per heavy atom. The maximum absolute atomic E-state index is 8.97. The van der Waals surface area contributed by atoms with Gasteiger partial charge in [-0.05, 0) is 17.5 Å². The van der Waals surface area contributed by atoms with Gasteiger partial charge in [-0.25, -0.2) is 0 Å². The van der Waals surface area contributed by atoms with Crippen molar-refractivity contribution in [1.29, 1.82) is 0 Å². The Morgan fingerprint density at radius 3 is 2.57 bits per heavy atom. The zero-order chi connectivity index (χ0) is 9.54. The van der Waals surface area contributed by atoms with Crippen LogP contribution in [0.1, 0.15) is 11.1 Å². The number of hydrogen-bond donors (Lipinski definition) is 0. The quantitative estimate of drug-likeness (QED) is 0.393. The summed E-state index contributed by atoms with van der Waals surface area (Å²) in [4.78, 5) is 4.57. The van der Waals surface area contributed by atoms with Crippen LogP contribution < -0.4 is 0 Å². The van der Waals surface area contributed by atoms with Gasteiger partial charge in [0.15, 0.2) is 0 Å². The van der Waals surface area contributed by atoms with Gasteiger partial charge in [0.2, 0.25) is 0 Å². The second-order valence-electron chi connectivity index (χ2n) is 3.16. The van der Waals surface area contributed by atoms with Gasteiger partial charge in [-0.3, -0.25) is 0 Å². The molecule has 0 N–H and O–H groups in total. The van der Waals surface area contributed by atoms with Gasteiger partial charge in [-0.15, -0.1) is 11.3 Å². The minimum atomic E-state index is 0.692. The van der Waals surface area contributed by atoms with Crippen LogP contribution in [0.3, 0.4) is 0 Å². The minimum absolute atomic E-state index is 0.692. The van der Waals surface area contributed by atoms with Crippen molar-refractivity contribution in [3.8, 4) is 10.4 Å². The summed E-state index contributed by atoms with van der Waals surface area (Å²) in [5.41, 5.74) is 12.9. The van der Waals surface area contributed by atoms with Crippen molar-refractivity contribution < 1.29 is 4.79 Å². The zero-order valence-electron chi connectivity index (χ0n) is 7.27. The molecule has 0 unspecified atom stereocenters. The van der Waals surface area contributed by atoms with Crippen LogP contribution in [-0.2, 0) is 0 Å². The first kappa shape index (κ1) is 7.68. The molecular weight excluding hydrogens is 192 g/mol. The van der Waals surface area contributed by atoms with Crippen molar-refractivity contribution in [3.05, 3.63) is 52.4 Å². The molecule has 0 saturated heterocycles. The van der Waals surface area contributed by atoms with Crippen LogP contribution in [0.2, 0.25) is 0 Å². The second kappa shape index (κ2) is 2.64. The highest BCUT2D eigenvalue weighted by atomic mass is 32.1. The van der Waals surface area contributed by atoms with E-state index in [0.717, 1.165) is 11.1 Å². The molecule has 0 bridgehead atoms. The van der Waals surface area contributed by atoms with Crippen LogP contribution in [-0.4, -0.2) is 10.5 Å². The molecule has 0 amide bonds. The third-order valence-electron chi connectivity index (χ3n) is 2.45. The van der Waals surface area contributed by atoms with Gasteiger partial charge in [-0.1, -0.05) is 18.2 Å². The van der Waals surface area contributed by atoms with E-state index in [1.54, 1.807) is 11.3 Å². The molecule has 3 rings (SSSR count). The van der Waals surface area contributed by atoms with Crippen LogP contribution in [0.4, 0.5) is 0 Å². The molecule has 3 heteroatoms. The molecule has 0 radical (unpaired) electrons. The molecular formula is C11H6N2S. The number of nitrogens with zero attached hydrogens (tertiary/aromatic N) is 2. The average Bonchev–Trinajstić information content (AvgIpc) is 2.77. The average molecular weight is 198 g/mol. The lowest BCUT2D eigenvalue weighted by Crippen LogP contribution is -1.97. The number of thiophene rings is 1. The summed E-state index contributed by atoms with van der Waals surface area (Å²) >= 11 is 1.68. The third kappa shape index (κ3) is 0.803. The van der Waals surface area contributed by atoms with Gasteiger partial charge in [-0.2, -0.15) is 4.79 Å². The highest BCUT2D eigenvalue weighted by Gasteiger charge is 2.31. The maximum Gasteiger partial charge on any atom is 0.331 e. The van der Waals surface area contributed by atoms with E-state index in [4.69, 9.17) is 5.53 Å². The summed E-state index contributed by atoms with van der Waals surface area (Å²) in [6.07, 6.45) is 0. The molecule has 1 heterocycles. The summed E-state index contributed by atoms with van der Waals surface area (Å²) in [6, 6.07) is 10.00. The van der Waals surface area contributed by atoms with E-state index in [1.165, 1.54) is 10.4 Å². The summed E-state index contributed by atoms with van der Waals surface area (Å²) in [5, 5.41) is 2.02. The summed E-state index contributed by atoms with van der Waals surface area (Å²) < 4.78 is 0. The molecule has 0 atom stereocenters. The Labute approximate surface area is 85.1 Å². The van der Waals surface area contributed by atoms with Crippen LogP contribution in [0.5, 0.6) is 0 Å². The molecule has 0 fully saturated rings. The van der Waals surface area contributed by atoms with Gasteiger partial charge in [0, 0.05) is 5.56 Å². The van der Waals surface area contributed by atoms with Gasteiger partial charge in [0.25, 0.3) is 0 Å². The summed E-state index contributed by atoms with van der Waals surface area (Å²) in [6.45, 7) is 0.